The second-order valence-corrected chi connectivity index (χ2v) is 4.24. The van der Waals surface area contributed by atoms with E-state index in [2.05, 4.69) is 17.3 Å². The summed E-state index contributed by atoms with van der Waals surface area (Å²) >= 11 is 0. The highest BCUT2D eigenvalue weighted by Gasteiger charge is 2.13. The van der Waals surface area contributed by atoms with Crippen LogP contribution in [0.15, 0.2) is 6.20 Å². The molecule has 0 fully saturated rings. The maximum absolute atomic E-state index is 11.6. The van der Waals surface area contributed by atoms with Gasteiger partial charge < -0.3 is 11.1 Å². The number of nitrogens with two attached hydrogens (primary N) is 1. The third-order valence-corrected chi connectivity index (χ3v) is 2.72. The number of nitrogens with zero attached hydrogens (tertiary/aromatic N) is 2. The molecule has 1 heterocycles. The Morgan fingerprint density at radius 2 is 2.29 bits per heavy atom. The maximum atomic E-state index is 11.6. The topological polar surface area (TPSA) is 72.9 Å². The lowest BCUT2D eigenvalue weighted by atomic mass is 10.1. The van der Waals surface area contributed by atoms with Crippen LogP contribution in [0.4, 0.5) is 0 Å². The van der Waals surface area contributed by atoms with Crippen LogP contribution in [0.5, 0.6) is 0 Å². The number of hydrogen-bond donors (Lipinski definition) is 2. The number of aryl methyl sites for hydroxylation is 2. The van der Waals surface area contributed by atoms with Crippen molar-refractivity contribution in [3.8, 4) is 0 Å². The van der Waals surface area contributed by atoms with Crippen molar-refractivity contribution in [2.24, 2.45) is 12.8 Å². The van der Waals surface area contributed by atoms with Gasteiger partial charge in [-0.25, -0.2) is 0 Å². The van der Waals surface area contributed by atoms with Crippen LogP contribution >= 0.6 is 0 Å². The molecule has 0 aliphatic heterocycles. The molecular weight excluding hydrogens is 216 g/mol. The van der Waals surface area contributed by atoms with Crippen molar-refractivity contribution >= 4 is 5.91 Å². The van der Waals surface area contributed by atoms with Crippen molar-refractivity contribution in [1.82, 2.24) is 15.1 Å². The van der Waals surface area contributed by atoms with E-state index in [0.717, 1.165) is 30.5 Å². The van der Waals surface area contributed by atoms with E-state index in [1.54, 1.807) is 4.68 Å². The monoisotopic (exact) mass is 238 g/mol. The molecular formula is C12H22N4O. The molecule has 0 saturated heterocycles. The van der Waals surface area contributed by atoms with Gasteiger partial charge in [-0.2, -0.15) is 5.10 Å². The van der Waals surface area contributed by atoms with Gasteiger partial charge in [-0.05, 0) is 12.8 Å². The Hall–Kier alpha value is -1.36. The lowest BCUT2D eigenvalue weighted by Crippen LogP contribution is -2.40. The first kappa shape index (κ1) is 13.7. The van der Waals surface area contributed by atoms with Crippen LogP contribution in [0.25, 0.3) is 0 Å². The minimum atomic E-state index is -0.401. The number of nitrogens with one attached hydrogen (secondary N) is 1. The van der Waals surface area contributed by atoms with E-state index in [1.807, 2.05) is 20.2 Å². The largest absolute Gasteiger partial charge is 0.351 e. The molecule has 0 bridgehead atoms. The molecule has 1 aromatic rings. The first-order valence-corrected chi connectivity index (χ1v) is 6.13. The summed E-state index contributed by atoms with van der Waals surface area (Å²) in [4.78, 5) is 11.6. The third-order valence-electron chi connectivity index (χ3n) is 2.72. The average Bonchev–Trinajstić information content (AvgIpc) is 2.66. The van der Waals surface area contributed by atoms with Crippen molar-refractivity contribution in [3.63, 3.8) is 0 Å². The predicted molar refractivity (Wildman–Crippen MR) is 67.3 cm³/mol. The quantitative estimate of drug-likeness (QED) is 0.767. The molecule has 17 heavy (non-hydrogen) atoms. The average molecular weight is 238 g/mol. The zero-order valence-corrected chi connectivity index (χ0v) is 10.9. The van der Waals surface area contributed by atoms with E-state index in [1.165, 1.54) is 0 Å². The summed E-state index contributed by atoms with van der Waals surface area (Å²) in [5, 5.41) is 7.18. The SMILES string of the molecule is CCC[C@H](N)C(=O)NCc1cn(C)nc1CC. The van der Waals surface area contributed by atoms with E-state index in [0.29, 0.717) is 6.54 Å². The van der Waals surface area contributed by atoms with Crippen LogP contribution in [-0.4, -0.2) is 21.7 Å². The van der Waals surface area contributed by atoms with Crippen molar-refractivity contribution in [2.75, 3.05) is 0 Å². The summed E-state index contributed by atoms with van der Waals surface area (Å²) in [7, 11) is 1.88. The number of hydrogen-bond acceptors (Lipinski definition) is 3. The molecule has 0 aliphatic rings. The highest BCUT2D eigenvalue weighted by Crippen LogP contribution is 2.06. The molecule has 0 aliphatic carbocycles. The summed E-state index contributed by atoms with van der Waals surface area (Å²) in [5.41, 5.74) is 7.82. The van der Waals surface area contributed by atoms with E-state index in [4.69, 9.17) is 5.73 Å². The fourth-order valence-electron chi connectivity index (χ4n) is 1.78. The van der Waals surface area contributed by atoms with Crippen molar-refractivity contribution in [2.45, 2.75) is 45.7 Å². The van der Waals surface area contributed by atoms with Crippen molar-refractivity contribution in [1.29, 1.82) is 0 Å². The molecule has 1 atom stereocenters. The molecule has 5 nitrogen and oxygen atoms in total. The smallest absolute Gasteiger partial charge is 0.237 e. The van der Waals surface area contributed by atoms with Crippen LogP contribution in [0.2, 0.25) is 0 Å². The molecule has 0 unspecified atom stereocenters. The molecule has 3 N–H and O–H groups in total. The summed E-state index contributed by atoms with van der Waals surface area (Å²) in [6, 6.07) is -0.401. The molecule has 96 valence electrons. The summed E-state index contributed by atoms with van der Waals surface area (Å²) in [5.74, 6) is -0.0854. The van der Waals surface area contributed by atoms with Gasteiger partial charge in [0, 0.05) is 25.4 Å². The number of carbonyl (C=O) groups excluding carboxylic acids is 1. The Balaban J connectivity index is 2.52. The Labute approximate surface area is 102 Å². The lowest BCUT2D eigenvalue weighted by Gasteiger charge is -2.10. The summed E-state index contributed by atoms with van der Waals surface area (Å²) < 4.78 is 1.77. The van der Waals surface area contributed by atoms with Gasteiger partial charge in [-0.3, -0.25) is 9.48 Å². The molecule has 0 saturated carbocycles. The van der Waals surface area contributed by atoms with E-state index in [9.17, 15) is 4.79 Å². The Morgan fingerprint density at radius 1 is 1.59 bits per heavy atom. The van der Waals surface area contributed by atoms with Crippen molar-refractivity contribution in [3.05, 3.63) is 17.5 Å². The number of aromatic nitrogens is 2. The molecule has 5 heteroatoms. The minimum Gasteiger partial charge on any atom is -0.351 e. The molecule has 0 spiro atoms. The Bertz CT molecular complexity index is 373. The predicted octanol–water partition coefficient (Wildman–Crippen LogP) is 0.726. The second-order valence-electron chi connectivity index (χ2n) is 4.24. The first-order valence-electron chi connectivity index (χ1n) is 6.13. The summed E-state index contributed by atoms with van der Waals surface area (Å²) in [6.45, 7) is 4.58. The second kappa shape index (κ2) is 6.39. The van der Waals surface area contributed by atoms with Crippen LogP contribution in [0.1, 0.15) is 37.9 Å². The molecule has 1 amide bonds. The number of carbonyl (C=O) groups is 1. The highest BCUT2D eigenvalue weighted by molar-refractivity contribution is 5.81. The Morgan fingerprint density at radius 3 is 2.88 bits per heavy atom. The fraction of sp³-hybridized carbons (Fsp3) is 0.667. The molecule has 0 radical (unpaired) electrons. The maximum Gasteiger partial charge on any atom is 0.237 e. The molecule has 0 aromatic carbocycles. The van der Waals surface area contributed by atoms with Gasteiger partial charge in [0.25, 0.3) is 0 Å². The Kier molecular flexibility index (Phi) is 5.15. The van der Waals surface area contributed by atoms with Gasteiger partial charge in [-0.15, -0.1) is 0 Å². The fourth-order valence-corrected chi connectivity index (χ4v) is 1.78. The van der Waals surface area contributed by atoms with Gasteiger partial charge in [-0.1, -0.05) is 20.3 Å². The van der Waals surface area contributed by atoms with Gasteiger partial charge >= 0.3 is 0 Å². The van der Waals surface area contributed by atoms with E-state index < -0.39 is 6.04 Å². The van der Waals surface area contributed by atoms with Crippen LogP contribution in [-0.2, 0) is 24.8 Å². The minimum absolute atomic E-state index is 0.0854. The molecule has 1 aromatic heterocycles. The number of rotatable bonds is 6. The zero-order chi connectivity index (χ0) is 12.8. The zero-order valence-electron chi connectivity index (χ0n) is 10.9. The van der Waals surface area contributed by atoms with Crippen LogP contribution < -0.4 is 11.1 Å². The van der Waals surface area contributed by atoms with Gasteiger partial charge in [0.1, 0.15) is 0 Å². The first-order chi connectivity index (χ1) is 8.08. The van der Waals surface area contributed by atoms with Gasteiger partial charge in [0.15, 0.2) is 0 Å². The number of amides is 1. The normalized spacial score (nSPS) is 12.5. The lowest BCUT2D eigenvalue weighted by molar-refractivity contribution is -0.122. The van der Waals surface area contributed by atoms with Crippen molar-refractivity contribution < 1.29 is 4.79 Å². The third kappa shape index (κ3) is 3.85. The van der Waals surface area contributed by atoms with Crippen LogP contribution in [0, 0.1) is 0 Å². The van der Waals surface area contributed by atoms with E-state index in [-0.39, 0.29) is 5.91 Å². The standard InChI is InChI=1S/C12H22N4O/c1-4-6-10(13)12(17)14-7-9-8-16(3)15-11(9)5-2/h8,10H,4-7,13H2,1-3H3,(H,14,17)/t10-/m0/s1. The van der Waals surface area contributed by atoms with Gasteiger partial charge in [0.05, 0.1) is 11.7 Å². The van der Waals surface area contributed by atoms with E-state index >= 15 is 0 Å². The highest BCUT2D eigenvalue weighted by atomic mass is 16.2. The van der Waals surface area contributed by atoms with Gasteiger partial charge in [0.2, 0.25) is 5.91 Å². The van der Waals surface area contributed by atoms with Crippen LogP contribution in [0.3, 0.4) is 0 Å². The molecule has 1 rings (SSSR count). The summed E-state index contributed by atoms with van der Waals surface area (Å²) in [6.07, 6.45) is 4.44.